The Morgan fingerprint density at radius 2 is 2.29 bits per heavy atom. The molecule has 1 heterocycles. The molecule has 0 saturated carbocycles. The van der Waals surface area contributed by atoms with Crippen LogP contribution in [0.1, 0.15) is 0 Å². The summed E-state index contributed by atoms with van der Waals surface area (Å²) in [4.78, 5) is 16.9. The molecule has 0 radical (unpaired) electrons. The Morgan fingerprint density at radius 3 is 3.00 bits per heavy atom. The number of phenolic OH excluding ortho intramolecular Hbond substituents is 1. The normalized spacial score (nSPS) is 10.3. The molecule has 72 valence electrons. The number of anilines is 1. The minimum atomic E-state index is -1.19. The van der Waals surface area contributed by atoms with E-state index in [1.165, 1.54) is 12.1 Å². The molecule has 2 aromatic rings. The molecule has 0 aliphatic heterocycles. The van der Waals surface area contributed by atoms with Crippen LogP contribution in [-0.2, 0) is 0 Å². The maximum atomic E-state index is 10.3. The zero-order valence-electron chi connectivity index (χ0n) is 6.98. The summed E-state index contributed by atoms with van der Waals surface area (Å²) in [5.74, 6) is 0.226. The number of aromatic nitrogens is 2. The average Bonchev–Trinajstić information content (AvgIpc) is 2.44. The van der Waals surface area contributed by atoms with Gasteiger partial charge in [-0.1, -0.05) is 0 Å². The number of nitrogens with zero attached hydrogens (tertiary/aromatic N) is 1. The number of carboxylic acid groups (broad SMARTS) is 1. The SMILES string of the molecule is O=C(O)Nc1nc2cc(O)ccc2[nH]1. The van der Waals surface area contributed by atoms with Crippen molar-refractivity contribution >= 4 is 23.1 Å². The number of carbonyl (C=O) groups is 1. The summed E-state index contributed by atoms with van der Waals surface area (Å²) < 4.78 is 0. The fourth-order valence-electron chi connectivity index (χ4n) is 1.15. The third-order valence-electron chi connectivity index (χ3n) is 1.69. The standard InChI is InChI=1S/C8H7N3O3/c12-4-1-2-5-6(3-4)10-7(9-5)11-8(13)14/h1-3,12H,(H,13,14)(H2,9,10,11). The Bertz CT molecular complexity index is 492. The summed E-state index contributed by atoms with van der Waals surface area (Å²) in [5.41, 5.74) is 1.17. The predicted molar refractivity (Wildman–Crippen MR) is 49.4 cm³/mol. The topological polar surface area (TPSA) is 98.2 Å². The molecule has 1 aromatic heterocycles. The molecular formula is C8H7N3O3. The molecule has 0 bridgehead atoms. The van der Waals surface area contributed by atoms with Crippen molar-refractivity contribution in [2.45, 2.75) is 0 Å². The fraction of sp³-hybridized carbons (Fsp3) is 0. The lowest BCUT2D eigenvalue weighted by molar-refractivity contribution is 0.209. The first-order chi connectivity index (χ1) is 6.65. The zero-order chi connectivity index (χ0) is 10.1. The smallest absolute Gasteiger partial charge is 0.411 e. The number of amides is 1. The van der Waals surface area contributed by atoms with Crippen LogP contribution in [0.25, 0.3) is 11.0 Å². The summed E-state index contributed by atoms with van der Waals surface area (Å²) in [6.45, 7) is 0. The van der Waals surface area contributed by atoms with Gasteiger partial charge in [0.1, 0.15) is 5.75 Å². The number of imidazole rings is 1. The fourth-order valence-corrected chi connectivity index (χ4v) is 1.15. The van der Waals surface area contributed by atoms with Gasteiger partial charge in [-0.25, -0.2) is 9.78 Å². The molecule has 0 aliphatic carbocycles. The van der Waals surface area contributed by atoms with Gasteiger partial charge in [0.15, 0.2) is 0 Å². The van der Waals surface area contributed by atoms with Crippen LogP contribution in [0.4, 0.5) is 10.7 Å². The zero-order valence-corrected chi connectivity index (χ0v) is 6.98. The van der Waals surface area contributed by atoms with Crippen LogP contribution in [0.2, 0.25) is 0 Å². The Labute approximate surface area is 78.2 Å². The molecule has 0 aliphatic rings. The van der Waals surface area contributed by atoms with E-state index in [1.807, 2.05) is 0 Å². The van der Waals surface area contributed by atoms with Gasteiger partial charge in [0.25, 0.3) is 0 Å². The number of phenols is 1. The second-order valence-corrected chi connectivity index (χ2v) is 2.72. The molecule has 6 nitrogen and oxygen atoms in total. The Balaban J connectivity index is 2.46. The van der Waals surface area contributed by atoms with Gasteiger partial charge in [0.05, 0.1) is 11.0 Å². The van der Waals surface area contributed by atoms with Gasteiger partial charge >= 0.3 is 6.09 Å². The highest BCUT2D eigenvalue weighted by Crippen LogP contribution is 2.19. The van der Waals surface area contributed by atoms with E-state index < -0.39 is 6.09 Å². The lowest BCUT2D eigenvalue weighted by Crippen LogP contribution is -2.08. The van der Waals surface area contributed by atoms with Crippen molar-refractivity contribution in [3.8, 4) is 5.75 Å². The van der Waals surface area contributed by atoms with Gasteiger partial charge in [0.2, 0.25) is 5.95 Å². The lowest BCUT2D eigenvalue weighted by Gasteiger charge is -1.90. The van der Waals surface area contributed by atoms with Gasteiger partial charge in [-0.05, 0) is 12.1 Å². The van der Waals surface area contributed by atoms with Crippen LogP contribution >= 0.6 is 0 Å². The number of hydrogen-bond acceptors (Lipinski definition) is 3. The van der Waals surface area contributed by atoms with Gasteiger partial charge < -0.3 is 15.2 Å². The molecule has 6 heteroatoms. The van der Waals surface area contributed by atoms with Crippen LogP contribution < -0.4 is 5.32 Å². The van der Waals surface area contributed by atoms with Crippen LogP contribution in [0.5, 0.6) is 5.75 Å². The minimum absolute atomic E-state index is 0.0888. The molecule has 0 atom stereocenters. The highest BCUT2D eigenvalue weighted by molar-refractivity contribution is 5.85. The van der Waals surface area contributed by atoms with Crippen LogP contribution in [0, 0.1) is 0 Å². The monoisotopic (exact) mass is 193 g/mol. The molecule has 0 spiro atoms. The predicted octanol–water partition coefficient (Wildman–Crippen LogP) is 1.36. The summed E-state index contributed by atoms with van der Waals surface area (Å²) >= 11 is 0. The average molecular weight is 193 g/mol. The summed E-state index contributed by atoms with van der Waals surface area (Å²) in [6, 6.07) is 4.55. The highest BCUT2D eigenvalue weighted by Gasteiger charge is 2.04. The maximum absolute atomic E-state index is 10.3. The molecule has 0 saturated heterocycles. The Kier molecular flexibility index (Phi) is 1.74. The van der Waals surface area contributed by atoms with Crippen molar-refractivity contribution in [1.82, 2.24) is 9.97 Å². The first-order valence-electron chi connectivity index (χ1n) is 3.84. The van der Waals surface area contributed by atoms with Crippen molar-refractivity contribution in [1.29, 1.82) is 0 Å². The first kappa shape index (κ1) is 8.36. The number of nitrogens with one attached hydrogen (secondary N) is 2. The van der Waals surface area contributed by atoms with E-state index in [-0.39, 0.29) is 11.7 Å². The van der Waals surface area contributed by atoms with E-state index in [0.717, 1.165) is 0 Å². The number of H-pyrrole nitrogens is 1. The molecule has 0 unspecified atom stereocenters. The van der Waals surface area contributed by atoms with E-state index in [9.17, 15) is 4.79 Å². The number of benzene rings is 1. The quantitative estimate of drug-likeness (QED) is 0.549. The van der Waals surface area contributed by atoms with Crippen molar-refractivity contribution in [2.24, 2.45) is 0 Å². The Hall–Kier alpha value is -2.24. The molecule has 0 fully saturated rings. The van der Waals surface area contributed by atoms with Crippen LogP contribution in [0.15, 0.2) is 18.2 Å². The van der Waals surface area contributed by atoms with Gasteiger partial charge in [-0.3, -0.25) is 5.32 Å². The first-order valence-corrected chi connectivity index (χ1v) is 3.84. The van der Waals surface area contributed by atoms with Crippen molar-refractivity contribution < 1.29 is 15.0 Å². The number of hydrogen-bond donors (Lipinski definition) is 4. The highest BCUT2D eigenvalue weighted by atomic mass is 16.4. The van der Waals surface area contributed by atoms with Crippen LogP contribution in [-0.4, -0.2) is 26.3 Å². The number of fused-ring (bicyclic) bond motifs is 1. The summed E-state index contributed by atoms with van der Waals surface area (Å²) in [6.07, 6.45) is -1.19. The molecule has 1 aromatic carbocycles. The minimum Gasteiger partial charge on any atom is -0.508 e. The summed E-state index contributed by atoms with van der Waals surface area (Å²) in [7, 11) is 0. The molecule has 14 heavy (non-hydrogen) atoms. The summed E-state index contributed by atoms with van der Waals surface area (Å²) in [5, 5.41) is 19.6. The van der Waals surface area contributed by atoms with E-state index in [4.69, 9.17) is 10.2 Å². The van der Waals surface area contributed by atoms with E-state index >= 15 is 0 Å². The van der Waals surface area contributed by atoms with Crippen molar-refractivity contribution in [3.63, 3.8) is 0 Å². The van der Waals surface area contributed by atoms with Gasteiger partial charge in [0, 0.05) is 6.07 Å². The molecule has 4 N–H and O–H groups in total. The second kappa shape index (κ2) is 2.91. The molecular weight excluding hydrogens is 186 g/mol. The van der Waals surface area contributed by atoms with E-state index in [0.29, 0.717) is 11.0 Å². The number of aromatic amines is 1. The number of rotatable bonds is 1. The Morgan fingerprint density at radius 1 is 1.50 bits per heavy atom. The lowest BCUT2D eigenvalue weighted by atomic mass is 10.3. The van der Waals surface area contributed by atoms with Crippen molar-refractivity contribution in [2.75, 3.05) is 5.32 Å². The van der Waals surface area contributed by atoms with Crippen molar-refractivity contribution in [3.05, 3.63) is 18.2 Å². The maximum Gasteiger partial charge on any atom is 0.411 e. The van der Waals surface area contributed by atoms with Gasteiger partial charge in [-0.15, -0.1) is 0 Å². The third-order valence-corrected chi connectivity index (χ3v) is 1.69. The number of aromatic hydroxyl groups is 1. The molecule has 2 rings (SSSR count). The molecule has 1 amide bonds. The van der Waals surface area contributed by atoms with Crippen LogP contribution in [0.3, 0.4) is 0 Å². The van der Waals surface area contributed by atoms with E-state index in [1.54, 1.807) is 6.07 Å². The third kappa shape index (κ3) is 1.45. The van der Waals surface area contributed by atoms with E-state index in [2.05, 4.69) is 15.3 Å². The second-order valence-electron chi connectivity index (χ2n) is 2.72. The van der Waals surface area contributed by atoms with Gasteiger partial charge in [-0.2, -0.15) is 0 Å². The largest absolute Gasteiger partial charge is 0.508 e.